The van der Waals surface area contributed by atoms with Crippen LogP contribution >= 0.6 is 0 Å². The molecule has 1 aliphatic heterocycles. The maximum Gasteiger partial charge on any atom is 0.331 e. The zero-order valence-corrected chi connectivity index (χ0v) is 13.8. The Balaban J connectivity index is 1.66. The number of methoxy groups -OCH3 is 1. The molecule has 0 aromatic heterocycles. The van der Waals surface area contributed by atoms with Crippen LogP contribution in [0.4, 0.5) is 0 Å². The van der Waals surface area contributed by atoms with Crippen molar-refractivity contribution in [1.82, 2.24) is 5.32 Å². The molecular weight excluding hydrogens is 308 g/mol. The summed E-state index contributed by atoms with van der Waals surface area (Å²) in [7, 11) is 1.35. The number of rotatable bonds is 4. The lowest BCUT2D eigenvalue weighted by Crippen LogP contribution is -2.58. The number of nitrogens with one attached hydrogen (secondary N) is 1. The summed E-state index contributed by atoms with van der Waals surface area (Å²) in [4.78, 5) is 30.1. The van der Waals surface area contributed by atoms with Gasteiger partial charge in [-0.3, -0.25) is 4.79 Å². The Hall–Kier alpha value is -2.37. The van der Waals surface area contributed by atoms with Crippen LogP contribution in [-0.2, 0) is 19.2 Å². The second kappa shape index (κ2) is 7.03. The molecule has 3 rings (SSSR count). The van der Waals surface area contributed by atoms with E-state index in [1.165, 1.54) is 7.11 Å². The molecule has 128 valence electrons. The van der Waals surface area contributed by atoms with E-state index in [-0.39, 0.29) is 11.9 Å². The Morgan fingerprint density at radius 3 is 2.58 bits per heavy atom. The molecule has 1 atom stereocenters. The smallest absolute Gasteiger partial charge is 0.331 e. The van der Waals surface area contributed by atoms with E-state index in [0.717, 1.165) is 30.5 Å². The minimum atomic E-state index is -0.928. The van der Waals surface area contributed by atoms with Crippen molar-refractivity contribution in [1.29, 1.82) is 0 Å². The molecular formula is C18H22N2O4. The Kier molecular flexibility index (Phi) is 4.83. The second-order valence-corrected chi connectivity index (χ2v) is 6.33. The van der Waals surface area contributed by atoms with Gasteiger partial charge in [-0.1, -0.05) is 54.8 Å². The van der Waals surface area contributed by atoms with Gasteiger partial charge in [0.25, 0.3) is 5.91 Å². The molecule has 1 N–H and O–H groups in total. The van der Waals surface area contributed by atoms with E-state index < -0.39 is 11.6 Å². The fourth-order valence-corrected chi connectivity index (χ4v) is 3.37. The van der Waals surface area contributed by atoms with E-state index in [1.807, 2.05) is 30.3 Å². The van der Waals surface area contributed by atoms with Gasteiger partial charge in [-0.2, -0.15) is 0 Å². The first-order valence-corrected chi connectivity index (χ1v) is 8.33. The molecule has 0 bridgehead atoms. The normalized spacial score (nSPS) is 22.2. The van der Waals surface area contributed by atoms with E-state index in [2.05, 4.69) is 10.5 Å². The van der Waals surface area contributed by atoms with Crippen LogP contribution in [0.1, 0.15) is 44.1 Å². The third-order valence-corrected chi connectivity index (χ3v) is 4.71. The van der Waals surface area contributed by atoms with Crippen LogP contribution in [0.2, 0.25) is 0 Å². The third-order valence-electron chi connectivity index (χ3n) is 4.71. The molecule has 1 aromatic carbocycles. The minimum Gasteiger partial charge on any atom is -0.467 e. The zero-order chi connectivity index (χ0) is 17.0. The van der Waals surface area contributed by atoms with E-state index in [4.69, 9.17) is 9.57 Å². The van der Waals surface area contributed by atoms with E-state index >= 15 is 0 Å². The molecule has 1 saturated carbocycles. The first-order valence-electron chi connectivity index (χ1n) is 8.33. The van der Waals surface area contributed by atoms with Gasteiger partial charge in [0.2, 0.25) is 6.10 Å². The summed E-state index contributed by atoms with van der Waals surface area (Å²) >= 11 is 0. The molecule has 0 unspecified atom stereocenters. The molecule has 0 spiro atoms. The summed E-state index contributed by atoms with van der Waals surface area (Å²) in [6.07, 6.45) is 3.75. The predicted octanol–water partition coefficient (Wildman–Crippen LogP) is 2.17. The van der Waals surface area contributed by atoms with Crippen molar-refractivity contribution in [2.75, 3.05) is 7.11 Å². The monoisotopic (exact) mass is 330 g/mol. The Morgan fingerprint density at radius 2 is 1.92 bits per heavy atom. The molecule has 1 aliphatic carbocycles. The number of hydrogen-bond donors (Lipinski definition) is 1. The average molecular weight is 330 g/mol. The van der Waals surface area contributed by atoms with Gasteiger partial charge in [0.05, 0.1) is 12.8 Å². The van der Waals surface area contributed by atoms with Crippen molar-refractivity contribution >= 4 is 17.6 Å². The van der Waals surface area contributed by atoms with Crippen molar-refractivity contribution in [3.8, 4) is 0 Å². The minimum absolute atomic E-state index is 0.308. The lowest BCUT2D eigenvalue weighted by molar-refractivity contribution is -0.154. The summed E-state index contributed by atoms with van der Waals surface area (Å²) in [5, 5.41) is 6.91. The van der Waals surface area contributed by atoms with Gasteiger partial charge in [-0.15, -0.1) is 0 Å². The van der Waals surface area contributed by atoms with Crippen molar-refractivity contribution < 1.29 is 19.2 Å². The van der Waals surface area contributed by atoms with Crippen LogP contribution in [0, 0.1) is 0 Å². The molecule has 6 heteroatoms. The van der Waals surface area contributed by atoms with Crippen LogP contribution in [0.3, 0.4) is 0 Å². The van der Waals surface area contributed by atoms with Gasteiger partial charge in [0.15, 0.2) is 0 Å². The van der Waals surface area contributed by atoms with Gasteiger partial charge in [-0.05, 0) is 18.4 Å². The van der Waals surface area contributed by atoms with Gasteiger partial charge in [0, 0.05) is 6.42 Å². The number of carbonyl (C=O) groups excluding carboxylic acids is 2. The maximum absolute atomic E-state index is 12.6. The molecule has 1 heterocycles. The SMILES string of the molecule is COC(=O)C1(NC(=O)[C@H]2CC(c3ccccc3)=NO2)CCCCC1. The summed E-state index contributed by atoms with van der Waals surface area (Å²) in [5.41, 5.74) is 0.753. The Labute approximate surface area is 141 Å². The third kappa shape index (κ3) is 3.27. The van der Waals surface area contributed by atoms with Crippen LogP contribution in [-0.4, -0.2) is 36.3 Å². The highest BCUT2D eigenvalue weighted by molar-refractivity contribution is 6.04. The van der Waals surface area contributed by atoms with Gasteiger partial charge >= 0.3 is 5.97 Å². The summed E-state index contributed by atoms with van der Waals surface area (Å²) in [5.74, 6) is -0.685. The number of esters is 1. The molecule has 0 saturated heterocycles. The summed E-state index contributed by atoms with van der Waals surface area (Å²) in [6.45, 7) is 0. The number of ether oxygens (including phenoxy) is 1. The lowest BCUT2D eigenvalue weighted by Gasteiger charge is -2.35. The molecule has 6 nitrogen and oxygen atoms in total. The first kappa shape index (κ1) is 16.5. The van der Waals surface area contributed by atoms with Crippen molar-refractivity contribution in [2.24, 2.45) is 5.16 Å². The number of nitrogens with zero attached hydrogens (tertiary/aromatic N) is 1. The lowest BCUT2D eigenvalue weighted by atomic mass is 9.81. The number of amides is 1. The highest BCUT2D eigenvalue weighted by atomic mass is 16.6. The second-order valence-electron chi connectivity index (χ2n) is 6.33. The van der Waals surface area contributed by atoms with Gasteiger partial charge < -0.3 is 14.9 Å². The van der Waals surface area contributed by atoms with Crippen LogP contribution < -0.4 is 5.32 Å². The summed E-state index contributed by atoms with van der Waals surface area (Å²) in [6, 6.07) is 9.62. The predicted molar refractivity (Wildman–Crippen MR) is 88.4 cm³/mol. The highest BCUT2D eigenvalue weighted by Crippen LogP contribution is 2.30. The quantitative estimate of drug-likeness (QED) is 0.858. The standard InChI is InChI=1S/C18H22N2O4/c1-23-17(22)18(10-6-3-7-11-18)19-16(21)15-12-14(20-24-15)13-8-4-2-5-9-13/h2,4-5,8-9,15H,3,6-7,10-12H2,1H3,(H,19,21)/t15-/m1/s1. The molecule has 0 radical (unpaired) electrons. The van der Waals surface area contributed by atoms with E-state index in [9.17, 15) is 9.59 Å². The van der Waals surface area contributed by atoms with Crippen molar-refractivity contribution in [3.63, 3.8) is 0 Å². The van der Waals surface area contributed by atoms with E-state index in [1.54, 1.807) is 0 Å². The molecule has 1 aromatic rings. The number of carbonyl (C=O) groups is 2. The number of benzene rings is 1. The molecule has 2 aliphatic rings. The van der Waals surface area contributed by atoms with Crippen LogP contribution in [0.15, 0.2) is 35.5 Å². The largest absolute Gasteiger partial charge is 0.467 e. The van der Waals surface area contributed by atoms with Crippen molar-refractivity contribution in [2.45, 2.75) is 50.2 Å². The highest BCUT2D eigenvalue weighted by Gasteiger charge is 2.44. The average Bonchev–Trinajstić information content (AvgIpc) is 3.13. The molecule has 24 heavy (non-hydrogen) atoms. The van der Waals surface area contributed by atoms with Crippen molar-refractivity contribution in [3.05, 3.63) is 35.9 Å². The van der Waals surface area contributed by atoms with Gasteiger partial charge in [-0.25, -0.2) is 4.79 Å². The zero-order valence-electron chi connectivity index (χ0n) is 13.8. The maximum atomic E-state index is 12.6. The van der Waals surface area contributed by atoms with Crippen LogP contribution in [0.5, 0.6) is 0 Å². The first-order chi connectivity index (χ1) is 11.6. The summed E-state index contributed by atoms with van der Waals surface area (Å²) < 4.78 is 4.92. The topological polar surface area (TPSA) is 77.0 Å². The Morgan fingerprint density at radius 1 is 1.21 bits per heavy atom. The van der Waals surface area contributed by atoms with Gasteiger partial charge in [0.1, 0.15) is 5.54 Å². The van der Waals surface area contributed by atoms with Crippen LogP contribution in [0.25, 0.3) is 0 Å². The fraction of sp³-hybridized carbons (Fsp3) is 0.500. The fourth-order valence-electron chi connectivity index (χ4n) is 3.37. The van der Waals surface area contributed by atoms with E-state index in [0.29, 0.717) is 19.3 Å². The Bertz CT molecular complexity index is 636. The number of oxime groups is 1. The molecule has 1 amide bonds. The number of hydrogen-bond acceptors (Lipinski definition) is 5. The molecule has 1 fully saturated rings.